The van der Waals surface area contributed by atoms with Gasteiger partial charge in [0.15, 0.2) is 0 Å². The Morgan fingerprint density at radius 3 is 2.50 bits per heavy atom. The minimum atomic E-state index is -0.119. The maximum Gasteiger partial charge on any atom is 0.255 e. The zero-order chi connectivity index (χ0) is 14.7. The summed E-state index contributed by atoms with van der Waals surface area (Å²) in [5.74, 6) is -0.0871. The van der Waals surface area contributed by atoms with Crippen LogP contribution in [0.2, 0.25) is 10.0 Å². The van der Waals surface area contributed by atoms with Crippen molar-refractivity contribution in [1.29, 1.82) is 5.26 Å². The SMILES string of the molecule is CC(C#N)N1CCN(C(=O)c2ccc(Cl)cc2Cl)CC1. The zero-order valence-electron chi connectivity index (χ0n) is 11.1. The summed E-state index contributed by atoms with van der Waals surface area (Å²) >= 11 is 11.9. The first-order chi connectivity index (χ1) is 9.52. The van der Waals surface area contributed by atoms with E-state index < -0.39 is 0 Å². The lowest BCUT2D eigenvalue weighted by Gasteiger charge is -2.36. The Hall–Kier alpha value is -1.28. The molecule has 0 saturated carbocycles. The molecule has 0 aromatic heterocycles. The highest BCUT2D eigenvalue weighted by molar-refractivity contribution is 6.36. The fourth-order valence-corrected chi connectivity index (χ4v) is 2.72. The standard InChI is InChI=1S/C14H15Cl2N3O/c1-10(9-17)18-4-6-19(7-5-18)14(20)12-3-2-11(15)8-13(12)16/h2-3,8,10H,4-7H2,1H3. The summed E-state index contributed by atoms with van der Waals surface area (Å²) in [7, 11) is 0. The van der Waals surface area contributed by atoms with Crippen LogP contribution >= 0.6 is 23.2 Å². The number of halogens is 2. The third-order valence-electron chi connectivity index (χ3n) is 3.50. The normalized spacial score (nSPS) is 17.6. The number of nitrogens with zero attached hydrogens (tertiary/aromatic N) is 3. The van der Waals surface area contributed by atoms with Crippen LogP contribution in [0, 0.1) is 11.3 Å². The van der Waals surface area contributed by atoms with E-state index in [4.69, 9.17) is 28.5 Å². The molecule has 1 heterocycles. The lowest BCUT2D eigenvalue weighted by Crippen LogP contribution is -2.51. The van der Waals surface area contributed by atoms with Crippen LogP contribution in [0.3, 0.4) is 0 Å². The molecule has 0 aliphatic carbocycles. The van der Waals surface area contributed by atoms with Gasteiger partial charge in [0.2, 0.25) is 0 Å². The number of amides is 1. The molecule has 1 aliphatic rings. The van der Waals surface area contributed by atoms with Gasteiger partial charge in [0.05, 0.1) is 22.7 Å². The van der Waals surface area contributed by atoms with E-state index in [-0.39, 0.29) is 11.9 Å². The van der Waals surface area contributed by atoms with Crippen LogP contribution in [-0.4, -0.2) is 47.9 Å². The number of carbonyl (C=O) groups excluding carboxylic acids is 1. The average Bonchev–Trinajstić information content (AvgIpc) is 2.46. The van der Waals surface area contributed by atoms with Crippen LogP contribution in [0.5, 0.6) is 0 Å². The van der Waals surface area contributed by atoms with Crippen molar-refractivity contribution in [1.82, 2.24) is 9.80 Å². The van der Waals surface area contributed by atoms with Gasteiger partial charge in [0.1, 0.15) is 0 Å². The molecular formula is C14H15Cl2N3O. The van der Waals surface area contributed by atoms with Gasteiger partial charge in [-0.2, -0.15) is 5.26 Å². The molecule has 20 heavy (non-hydrogen) atoms. The first kappa shape index (κ1) is 15.1. The number of hydrogen-bond donors (Lipinski definition) is 0. The van der Waals surface area contributed by atoms with E-state index >= 15 is 0 Å². The molecule has 1 aromatic carbocycles. The van der Waals surface area contributed by atoms with Crippen molar-refractivity contribution in [2.24, 2.45) is 0 Å². The monoisotopic (exact) mass is 311 g/mol. The molecular weight excluding hydrogens is 297 g/mol. The molecule has 2 rings (SSSR count). The first-order valence-corrected chi connectivity index (χ1v) is 7.16. The summed E-state index contributed by atoms with van der Waals surface area (Å²) in [5, 5.41) is 9.78. The van der Waals surface area contributed by atoms with E-state index in [1.165, 1.54) is 0 Å². The lowest BCUT2D eigenvalue weighted by molar-refractivity contribution is 0.0616. The molecule has 0 radical (unpaired) electrons. The highest BCUT2D eigenvalue weighted by Crippen LogP contribution is 2.23. The minimum absolute atomic E-state index is 0.0871. The quantitative estimate of drug-likeness (QED) is 0.843. The van der Waals surface area contributed by atoms with Crippen LogP contribution in [0.25, 0.3) is 0 Å². The van der Waals surface area contributed by atoms with Gasteiger partial charge < -0.3 is 4.90 Å². The van der Waals surface area contributed by atoms with Crippen molar-refractivity contribution in [3.8, 4) is 6.07 Å². The lowest BCUT2D eigenvalue weighted by atomic mass is 10.1. The van der Waals surface area contributed by atoms with Crippen molar-refractivity contribution >= 4 is 29.1 Å². The van der Waals surface area contributed by atoms with Gasteiger partial charge in [0.25, 0.3) is 5.91 Å². The number of hydrogen-bond acceptors (Lipinski definition) is 3. The number of nitriles is 1. The number of rotatable bonds is 2. The maximum absolute atomic E-state index is 12.4. The van der Waals surface area contributed by atoms with Crippen LogP contribution in [0.15, 0.2) is 18.2 Å². The Labute approximate surface area is 128 Å². The maximum atomic E-state index is 12.4. The van der Waals surface area contributed by atoms with Gasteiger partial charge in [-0.25, -0.2) is 0 Å². The van der Waals surface area contributed by atoms with Gasteiger partial charge in [-0.1, -0.05) is 23.2 Å². The Morgan fingerprint density at radius 2 is 1.95 bits per heavy atom. The Morgan fingerprint density at radius 1 is 1.30 bits per heavy atom. The third-order valence-corrected chi connectivity index (χ3v) is 4.05. The highest BCUT2D eigenvalue weighted by Gasteiger charge is 2.25. The van der Waals surface area contributed by atoms with Crippen molar-refractivity contribution in [2.75, 3.05) is 26.2 Å². The topological polar surface area (TPSA) is 47.3 Å². The van der Waals surface area contributed by atoms with Gasteiger partial charge in [-0.15, -0.1) is 0 Å². The summed E-state index contributed by atoms with van der Waals surface area (Å²) in [6.07, 6.45) is 0. The van der Waals surface area contributed by atoms with E-state index in [0.29, 0.717) is 41.8 Å². The van der Waals surface area contributed by atoms with Gasteiger partial charge >= 0.3 is 0 Å². The number of benzene rings is 1. The molecule has 1 saturated heterocycles. The Kier molecular flexibility index (Phi) is 4.87. The minimum Gasteiger partial charge on any atom is -0.336 e. The molecule has 0 N–H and O–H groups in total. The average molecular weight is 312 g/mol. The molecule has 106 valence electrons. The molecule has 4 nitrogen and oxygen atoms in total. The molecule has 6 heteroatoms. The summed E-state index contributed by atoms with van der Waals surface area (Å²) in [6.45, 7) is 4.47. The molecule has 1 amide bonds. The second-order valence-corrected chi connectivity index (χ2v) is 5.60. The van der Waals surface area contributed by atoms with Crippen molar-refractivity contribution in [2.45, 2.75) is 13.0 Å². The fraction of sp³-hybridized carbons (Fsp3) is 0.429. The smallest absolute Gasteiger partial charge is 0.255 e. The Balaban J connectivity index is 2.04. The Bertz CT molecular complexity index is 548. The molecule has 0 spiro atoms. The molecule has 1 unspecified atom stereocenters. The van der Waals surface area contributed by atoms with Gasteiger partial charge in [-0.3, -0.25) is 9.69 Å². The predicted octanol–water partition coefficient (Wildman–Crippen LogP) is 2.66. The van der Waals surface area contributed by atoms with Crippen molar-refractivity contribution < 1.29 is 4.79 Å². The van der Waals surface area contributed by atoms with Gasteiger partial charge in [0, 0.05) is 31.2 Å². The first-order valence-electron chi connectivity index (χ1n) is 6.41. The summed E-state index contributed by atoms with van der Waals surface area (Å²) in [5.41, 5.74) is 0.470. The third kappa shape index (κ3) is 3.24. The molecule has 1 aromatic rings. The second kappa shape index (κ2) is 6.45. The van der Waals surface area contributed by atoms with Crippen LogP contribution in [0.4, 0.5) is 0 Å². The zero-order valence-corrected chi connectivity index (χ0v) is 12.7. The molecule has 0 bridgehead atoms. The van der Waals surface area contributed by atoms with Crippen LogP contribution in [0.1, 0.15) is 17.3 Å². The molecule has 1 aliphatic heterocycles. The highest BCUT2D eigenvalue weighted by atomic mass is 35.5. The number of piperazine rings is 1. The second-order valence-electron chi connectivity index (χ2n) is 4.76. The van der Waals surface area contributed by atoms with Gasteiger partial charge in [-0.05, 0) is 25.1 Å². The van der Waals surface area contributed by atoms with Crippen LogP contribution < -0.4 is 0 Å². The number of carbonyl (C=O) groups is 1. The summed E-state index contributed by atoms with van der Waals surface area (Å²) in [4.78, 5) is 16.2. The van der Waals surface area contributed by atoms with Crippen molar-refractivity contribution in [3.05, 3.63) is 33.8 Å². The summed E-state index contributed by atoms with van der Waals surface area (Å²) < 4.78 is 0. The van der Waals surface area contributed by atoms with E-state index in [0.717, 1.165) is 0 Å². The predicted molar refractivity (Wildman–Crippen MR) is 79.0 cm³/mol. The fourth-order valence-electron chi connectivity index (χ4n) is 2.23. The van der Waals surface area contributed by atoms with Crippen molar-refractivity contribution in [3.63, 3.8) is 0 Å². The van der Waals surface area contributed by atoms with E-state index in [2.05, 4.69) is 11.0 Å². The largest absolute Gasteiger partial charge is 0.336 e. The van der Waals surface area contributed by atoms with E-state index in [1.807, 2.05) is 6.92 Å². The van der Waals surface area contributed by atoms with E-state index in [1.54, 1.807) is 23.1 Å². The molecule has 1 atom stereocenters. The summed E-state index contributed by atoms with van der Waals surface area (Å²) in [6, 6.07) is 6.98. The van der Waals surface area contributed by atoms with Crippen LogP contribution in [-0.2, 0) is 0 Å². The van der Waals surface area contributed by atoms with E-state index in [9.17, 15) is 4.79 Å². The molecule has 1 fully saturated rings.